The summed E-state index contributed by atoms with van der Waals surface area (Å²) in [5.74, 6) is 2.01. The number of hydrogen-bond donors (Lipinski definition) is 9. The van der Waals surface area contributed by atoms with Crippen LogP contribution in [0.25, 0.3) is 10.8 Å². The minimum atomic E-state index is -5.11. The van der Waals surface area contributed by atoms with Crippen molar-refractivity contribution in [2.24, 2.45) is 16.1 Å². The molecule has 1 heterocycles. The molecule has 0 saturated carbocycles. The fourth-order valence-electron chi connectivity index (χ4n) is 4.49. The highest BCUT2D eigenvalue weighted by molar-refractivity contribution is 7.87. The summed E-state index contributed by atoms with van der Waals surface area (Å²) < 4.78 is 64.7. The van der Waals surface area contributed by atoms with Gasteiger partial charge < -0.3 is 31.3 Å². The van der Waals surface area contributed by atoms with E-state index in [1.807, 2.05) is 0 Å². The van der Waals surface area contributed by atoms with Crippen LogP contribution in [0.4, 0.5) is 46.0 Å². The maximum Gasteiger partial charge on any atom is 0.357 e. The number of aromatic nitrogens is 3. The molecule has 5 aromatic rings. The van der Waals surface area contributed by atoms with Crippen LogP contribution in [-0.2, 0) is 29.5 Å². The van der Waals surface area contributed by atoms with Crippen LogP contribution in [0.3, 0.4) is 0 Å². The minimum absolute atomic E-state index is 0.186. The number of carbonyl (C=O) groups is 2. The van der Waals surface area contributed by atoms with Crippen LogP contribution in [0, 0.1) is 0 Å². The number of para-hydroxylation sites is 2. The second-order valence-corrected chi connectivity index (χ2v) is 12.3. The zero-order valence-electron chi connectivity index (χ0n) is 24.7. The first-order chi connectivity index (χ1) is 23.7. The fraction of sp³-hybridized carbons (Fsp3) is 0. The summed E-state index contributed by atoms with van der Waals surface area (Å²) in [5, 5.41) is 46.1. The van der Waals surface area contributed by atoms with Crippen LogP contribution in [0.2, 0.25) is 0 Å². The lowest BCUT2D eigenvalue weighted by Crippen LogP contribution is -2.13. The molecule has 0 saturated heterocycles. The van der Waals surface area contributed by atoms with Gasteiger partial charge in [-0.2, -0.15) is 42.0 Å². The first kappa shape index (κ1) is 34.8. The number of phenolic OH excluding ortho intramolecular Hbond substituents is 1. The monoisotopic (exact) mass is 726 g/mol. The highest BCUT2D eigenvalue weighted by Gasteiger charge is 2.26. The summed E-state index contributed by atoms with van der Waals surface area (Å²) in [5.41, 5.74) is -1.53. The highest BCUT2D eigenvalue weighted by Crippen LogP contribution is 2.47. The summed E-state index contributed by atoms with van der Waals surface area (Å²) in [6, 6.07) is 13.8. The number of hydrogen-bond acceptors (Lipinski definition) is 17. The van der Waals surface area contributed by atoms with Gasteiger partial charge in [-0.15, -0.1) is 10.2 Å². The molecule has 10 N–H and O–H groups in total. The number of anilines is 6. The third kappa shape index (κ3) is 7.61. The molecule has 1 aromatic heterocycles. The zero-order valence-corrected chi connectivity index (χ0v) is 26.3. The van der Waals surface area contributed by atoms with Gasteiger partial charge in [0.1, 0.15) is 10.6 Å². The van der Waals surface area contributed by atoms with E-state index in [1.54, 1.807) is 29.0 Å². The van der Waals surface area contributed by atoms with Gasteiger partial charge in [0.2, 0.25) is 18.3 Å². The zero-order chi connectivity index (χ0) is 36.2. The number of nitrogens with one attached hydrogen (secondary N) is 4. The molecule has 50 heavy (non-hydrogen) atoms. The number of nitrogens with two attached hydrogens (primary N) is 1. The molecule has 5 rings (SSSR count). The average Bonchev–Trinajstić information content (AvgIpc) is 3.04. The van der Waals surface area contributed by atoms with E-state index in [1.165, 1.54) is 24.3 Å². The Hall–Kier alpha value is -6.53. The summed E-state index contributed by atoms with van der Waals surface area (Å²) in [6.07, 6.45) is 0.436. The quantitative estimate of drug-likeness (QED) is 0.0363. The number of azo groups is 1. The van der Waals surface area contributed by atoms with E-state index in [0.29, 0.717) is 17.8 Å². The Bertz CT molecular complexity index is 2410. The molecular weight excluding hydrogens is 704 g/mol. The molecule has 0 atom stereocenters. The SMILES string of the molecule is NOS(=O)(=O)c1ccc(Nc2nc(O)nc(Nc3ccccc3NC=O)n2)c2c(O)c(N=Nc3ccccc3C(=O)O)c(NS(=O)(=O)O)cc12. The van der Waals surface area contributed by atoms with Crippen molar-refractivity contribution in [3.63, 3.8) is 0 Å². The summed E-state index contributed by atoms with van der Waals surface area (Å²) in [7, 11) is -9.88. The van der Waals surface area contributed by atoms with Gasteiger partial charge in [-0.3, -0.25) is 14.1 Å². The largest absolute Gasteiger partial charge is 0.505 e. The molecule has 0 aliphatic heterocycles. The Morgan fingerprint density at radius 3 is 2.12 bits per heavy atom. The summed E-state index contributed by atoms with van der Waals surface area (Å²) in [6.45, 7) is 0. The van der Waals surface area contributed by atoms with Crippen molar-refractivity contribution >= 4 is 89.6 Å². The van der Waals surface area contributed by atoms with E-state index in [4.69, 9.17) is 5.90 Å². The molecule has 0 unspecified atom stereocenters. The Balaban J connectivity index is 1.72. The topological polar surface area (TPSA) is 330 Å². The first-order valence-corrected chi connectivity index (χ1v) is 16.3. The van der Waals surface area contributed by atoms with Crippen LogP contribution in [0.15, 0.2) is 81.9 Å². The van der Waals surface area contributed by atoms with Crippen LogP contribution < -0.4 is 26.6 Å². The van der Waals surface area contributed by atoms with Crippen molar-refractivity contribution in [1.29, 1.82) is 0 Å². The number of aromatic hydroxyl groups is 2. The van der Waals surface area contributed by atoms with Crippen molar-refractivity contribution in [3.05, 3.63) is 72.3 Å². The number of carbonyl (C=O) groups excluding carboxylic acids is 1. The normalized spacial score (nSPS) is 11.7. The van der Waals surface area contributed by atoms with Gasteiger partial charge in [0.15, 0.2) is 11.4 Å². The first-order valence-electron chi connectivity index (χ1n) is 13.4. The van der Waals surface area contributed by atoms with Gasteiger partial charge >= 0.3 is 32.4 Å². The van der Waals surface area contributed by atoms with Crippen molar-refractivity contribution in [3.8, 4) is 11.8 Å². The summed E-state index contributed by atoms with van der Waals surface area (Å²) in [4.78, 5) is 33.7. The van der Waals surface area contributed by atoms with Gasteiger partial charge in [-0.05, 0) is 42.5 Å². The molecule has 21 nitrogen and oxygen atoms in total. The molecule has 0 fully saturated rings. The Kier molecular flexibility index (Phi) is 9.68. The number of amides is 1. The molecule has 0 aliphatic rings. The number of rotatable bonds is 13. The number of phenols is 1. The lowest BCUT2D eigenvalue weighted by molar-refractivity contribution is -0.105. The predicted molar refractivity (Wildman–Crippen MR) is 175 cm³/mol. The Morgan fingerprint density at radius 2 is 1.48 bits per heavy atom. The molecule has 0 radical (unpaired) electrons. The number of benzene rings is 4. The lowest BCUT2D eigenvalue weighted by atomic mass is 10.0. The maximum atomic E-state index is 12.8. The van der Waals surface area contributed by atoms with Crippen molar-refractivity contribution in [2.75, 3.05) is 20.7 Å². The van der Waals surface area contributed by atoms with Gasteiger partial charge in [-0.25, -0.2) is 4.79 Å². The van der Waals surface area contributed by atoms with Gasteiger partial charge in [0.25, 0.3) is 0 Å². The van der Waals surface area contributed by atoms with Crippen molar-refractivity contribution < 1.29 is 50.6 Å². The molecule has 23 heteroatoms. The fourth-order valence-corrected chi connectivity index (χ4v) is 5.70. The molecule has 258 valence electrons. The second-order valence-electron chi connectivity index (χ2n) is 9.65. The maximum absolute atomic E-state index is 12.8. The second kappa shape index (κ2) is 13.9. The Morgan fingerprint density at radius 1 is 0.840 bits per heavy atom. The molecule has 0 bridgehead atoms. The molecule has 0 aliphatic carbocycles. The van der Waals surface area contributed by atoms with E-state index in [9.17, 15) is 46.3 Å². The predicted octanol–water partition coefficient (Wildman–Crippen LogP) is 3.40. The lowest BCUT2D eigenvalue weighted by Gasteiger charge is -2.17. The van der Waals surface area contributed by atoms with Crippen molar-refractivity contribution in [2.45, 2.75) is 4.90 Å². The molecular formula is C27H22N10O11S2. The van der Waals surface area contributed by atoms with Gasteiger partial charge in [0.05, 0.1) is 33.7 Å². The number of fused-ring (bicyclic) bond motifs is 1. The smallest absolute Gasteiger partial charge is 0.357 e. The summed E-state index contributed by atoms with van der Waals surface area (Å²) >= 11 is 0. The molecule has 0 spiro atoms. The third-order valence-electron chi connectivity index (χ3n) is 6.50. The van der Waals surface area contributed by atoms with E-state index in [-0.39, 0.29) is 28.8 Å². The van der Waals surface area contributed by atoms with Gasteiger partial charge in [-0.1, -0.05) is 24.3 Å². The molecule has 4 aromatic carbocycles. The number of carboxylic acids is 1. The van der Waals surface area contributed by atoms with E-state index in [0.717, 1.165) is 18.2 Å². The van der Waals surface area contributed by atoms with E-state index < -0.39 is 65.2 Å². The number of nitrogens with zero attached hydrogens (tertiary/aromatic N) is 5. The third-order valence-corrected chi connectivity index (χ3v) is 8.12. The van der Waals surface area contributed by atoms with Crippen LogP contribution in [0.1, 0.15) is 10.4 Å². The Labute approximate surface area is 280 Å². The average molecular weight is 727 g/mol. The van der Waals surface area contributed by atoms with Crippen LogP contribution in [-0.4, -0.2) is 64.0 Å². The van der Waals surface area contributed by atoms with Crippen molar-refractivity contribution in [1.82, 2.24) is 15.0 Å². The molecule has 1 amide bonds. The van der Waals surface area contributed by atoms with Gasteiger partial charge in [0, 0.05) is 5.39 Å². The number of aromatic carboxylic acids is 1. The van der Waals surface area contributed by atoms with E-state index >= 15 is 0 Å². The van der Waals surface area contributed by atoms with Crippen LogP contribution in [0.5, 0.6) is 11.8 Å². The van der Waals surface area contributed by atoms with E-state index in [2.05, 4.69) is 45.4 Å². The number of carboxylic acid groups (broad SMARTS) is 1. The van der Waals surface area contributed by atoms with Crippen LogP contribution >= 0.6 is 0 Å². The highest BCUT2D eigenvalue weighted by atomic mass is 32.2. The minimum Gasteiger partial charge on any atom is -0.505 e. The standard InChI is InChI=1S/C27H22N10O11S2/c28-48-49(43,44)20-10-9-18(31-26-32-25(33-27(42)34-26)30-17-8-4-3-7-16(17)29-12-38)21-14(20)11-19(37-50(45,46)47)22(23(21)39)36-35-15-6-2-1-5-13(15)24(40)41/h1-12,37,39H,28H2,(H,29,38)(H,40,41)(H,45,46,47)(H3,30,31,32,33,34,42).